The van der Waals surface area contributed by atoms with Gasteiger partial charge in [-0.05, 0) is 56.4 Å². The molecule has 2 aliphatic rings. The van der Waals surface area contributed by atoms with Crippen LogP contribution in [0.5, 0.6) is 5.75 Å². The normalized spacial score (nSPS) is 17.4. The zero-order valence-electron chi connectivity index (χ0n) is 18.0. The van der Waals surface area contributed by atoms with Gasteiger partial charge in [-0.25, -0.2) is 4.98 Å². The van der Waals surface area contributed by atoms with Crippen molar-refractivity contribution in [2.75, 3.05) is 33.0 Å². The van der Waals surface area contributed by atoms with Crippen molar-refractivity contribution in [3.8, 4) is 28.3 Å². The summed E-state index contributed by atoms with van der Waals surface area (Å²) in [4.78, 5) is 22.7. The van der Waals surface area contributed by atoms with Gasteiger partial charge in [0.1, 0.15) is 17.1 Å². The molecule has 0 unspecified atom stereocenters. The molecule has 1 amide bonds. The number of amides is 1. The molecule has 0 saturated carbocycles. The topological polar surface area (TPSA) is 93.4 Å². The first-order valence-electron chi connectivity index (χ1n) is 10.6. The number of benzene rings is 2. The van der Waals surface area contributed by atoms with Gasteiger partial charge < -0.3 is 20.7 Å². The van der Waals surface area contributed by atoms with Crippen molar-refractivity contribution in [3.05, 3.63) is 59.0 Å². The number of hydrogen-bond acceptors (Lipinski definition) is 6. The minimum atomic E-state index is -0.721. The highest BCUT2D eigenvalue weighted by Crippen LogP contribution is 2.38. The molecule has 0 aliphatic carbocycles. The van der Waals surface area contributed by atoms with E-state index in [9.17, 15) is 9.18 Å². The van der Waals surface area contributed by atoms with Crippen molar-refractivity contribution in [2.45, 2.75) is 18.9 Å². The highest BCUT2D eigenvalue weighted by atomic mass is 19.1. The molecule has 0 fully saturated rings. The van der Waals surface area contributed by atoms with Crippen LogP contribution in [0, 0.1) is 5.95 Å². The van der Waals surface area contributed by atoms with Crippen molar-refractivity contribution in [3.63, 3.8) is 0 Å². The van der Waals surface area contributed by atoms with E-state index in [1.165, 1.54) is 0 Å². The Bertz CT molecular complexity index is 1230. The molecule has 1 aromatic heterocycles. The third-order valence-electron chi connectivity index (χ3n) is 6.10. The Kier molecular flexibility index (Phi) is 5.01. The number of carbonyl (C=O) groups excluding carboxylic acids is 1. The molecule has 1 atom stereocenters. The molecule has 7 nitrogen and oxygen atoms in total. The number of rotatable bonds is 3. The fraction of sp³-hybridized carbons (Fsp3) is 0.292. The van der Waals surface area contributed by atoms with Crippen LogP contribution in [0.1, 0.15) is 33.9 Å². The van der Waals surface area contributed by atoms with Crippen molar-refractivity contribution in [1.29, 1.82) is 0 Å². The number of carbonyl (C=O) groups is 1. The SMILES string of the molecule is CN(C)[C@@H]1CCOc2ccc(-c3nc(-c4ccc5c(c4)CCNC5=O)c(N)nc3F)cc21. The van der Waals surface area contributed by atoms with Gasteiger partial charge in [0.05, 0.1) is 6.61 Å². The number of ether oxygens (including phenoxy) is 1. The Balaban J connectivity index is 1.60. The molecule has 2 aliphatic heterocycles. The molecular formula is C24H24FN5O2. The molecular weight excluding hydrogens is 409 g/mol. The number of nitrogens with zero attached hydrogens (tertiary/aromatic N) is 3. The molecule has 3 N–H and O–H groups in total. The lowest BCUT2D eigenvalue weighted by Crippen LogP contribution is -2.31. The summed E-state index contributed by atoms with van der Waals surface area (Å²) < 4.78 is 20.7. The number of halogens is 1. The maximum Gasteiger partial charge on any atom is 0.251 e. The summed E-state index contributed by atoms with van der Waals surface area (Å²) in [6.45, 7) is 1.22. The highest BCUT2D eigenvalue weighted by molar-refractivity contribution is 5.97. The number of nitrogens with one attached hydrogen (secondary N) is 1. The van der Waals surface area contributed by atoms with E-state index in [0.29, 0.717) is 42.0 Å². The molecule has 164 valence electrons. The molecule has 0 radical (unpaired) electrons. The fourth-order valence-corrected chi connectivity index (χ4v) is 4.46. The Labute approximate surface area is 185 Å². The lowest BCUT2D eigenvalue weighted by Gasteiger charge is -2.31. The van der Waals surface area contributed by atoms with E-state index in [1.54, 1.807) is 18.2 Å². The van der Waals surface area contributed by atoms with Crippen LogP contribution in [0.15, 0.2) is 36.4 Å². The monoisotopic (exact) mass is 433 g/mol. The van der Waals surface area contributed by atoms with E-state index in [-0.39, 0.29) is 23.5 Å². The van der Waals surface area contributed by atoms with Gasteiger partial charge in [0.15, 0.2) is 5.82 Å². The average molecular weight is 433 g/mol. The standard InChI is InChI=1S/C24H24FN5O2/c1-30(2)18-8-10-32-19-6-4-15(12-17(18)19)20-22(25)29-23(26)21(28-20)14-3-5-16-13(11-14)7-9-27-24(16)31/h3-6,11-12,18H,7-10H2,1-2H3,(H2,26,29)(H,27,31)/t18-/m1/s1. The molecule has 2 aromatic carbocycles. The van der Waals surface area contributed by atoms with Crippen molar-refractivity contribution in [2.24, 2.45) is 0 Å². The maximum absolute atomic E-state index is 14.9. The zero-order chi connectivity index (χ0) is 22.4. The van der Waals surface area contributed by atoms with Crippen LogP contribution in [-0.2, 0) is 6.42 Å². The third-order valence-corrected chi connectivity index (χ3v) is 6.10. The predicted octanol–water partition coefficient (Wildman–Crippen LogP) is 3.20. The van der Waals surface area contributed by atoms with Crippen molar-refractivity contribution in [1.82, 2.24) is 20.2 Å². The molecule has 0 spiro atoms. The largest absolute Gasteiger partial charge is 0.493 e. The van der Waals surface area contributed by atoms with Gasteiger partial charge in [0, 0.05) is 41.3 Å². The molecule has 32 heavy (non-hydrogen) atoms. The minimum Gasteiger partial charge on any atom is -0.493 e. The number of aromatic nitrogens is 2. The van der Waals surface area contributed by atoms with E-state index in [2.05, 4.69) is 20.2 Å². The van der Waals surface area contributed by atoms with E-state index >= 15 is 0 Å². The first kappa shape index (κ1) is 20.4. The van der Waals surface area contributed by atoms with E-state index in [4.69, 9.17) is 10.5 Å². The van der Waals surface area contributed by atoms with Gasteiger partial charge >= 0.3 is 0 Å². The summed E-state index contributed by atoms with van der Waals surface area (Å²) in [6.07, 6.45) is 1.57. The molecule has 5 rings (SSSR count). The van der Waals surface area contributed by atoms with Gasteiger partial charge in [-0.1, -0.05) is 6.07 Å². The smallest absolute Gasteiger partial charge is 0.251 e. The second-order valence-electron chi connectivity index (χ2n) is 8.34. The van der Waals surface area contributed by atoms with Crippen LogP contribution in [0.4, 0.5) is 10.2 Å². The summed E-state index contributed by atoms with van der Waals surface area (Å²) in [5.41, 5.74) is 10.5. The minimum absolute atomic E-state index is 0.0129. The first-order chi connectivity index (χ1) is 15.4. The Morgan fingerprint density at radius 3 is 2.72 bits per heavy atom. The molecule has 0 bridgehead atoms. The van der Waals surface area contributed by atoms with Crippen molar-refractivity contribution < 1.29 is 13.9 Å². The van der Waals surface area contributed by atoms with Crippen LogP contribution in [-0.4, -0.2) is 48.0 Å². The Morgan fingerprint density at radius 2 is 1.91 bits per heavy atom. The third kappa shape index (κ3) is 3.46. The summed E-state index contributed by atoms with van der Waals surface area (Å²) in [7, 11) is 4.04. The second kappa shape index (κ2) is 7.87. The van der Waals surface area contributed by atoms with Gasteiger partial charge in [-0.15, -0.1) is 0 Å². The molecule has 8 heteroatoms. The maximum atomic E-state index is 14.9. The lowest BCUT2D eigenvalue weighted by atomic mass is 9.95. The number of fused-ring (bicyclic) bond motifs is 2. The predicted molar refractivity (Wildman–Crippen MR) is 120 cm³/mol. The Hall–Kier alpha value is -3.52. The summed E-state index contributed by atoms with van der Waals surface area (Å²) >= 11 is 0. The summed E-state index contributed by atoms with van der Waals surface area (Å²) in [5, 5.41) is 2.83. The zero-order valence-corrected chi connectivity index (χ0v) is 18.0. The van der Waals surface area contributed by atoms with E-state index in [0.717, 1.165) is 23.3 Å². The van der Waals surface area contributed by atoms with Gasteiger partial charge in [0.25, 0.3) is 5.91 Å². The number of nitrogen functional groups attached to an aromatic ring is 1. The highest BCUT2D eigenvalue weighted by Gasteiger charge is 2.25. The average Bonchev–Trinajstić information content (AvgIpc) is 2.78. The van der Waals surface area contributed by atoms with E-state index < -0.39 is 5.95 Å². The number of anilines is 1. The number of nitrogens with two attached hydrogens (primary N) is 1. The summed E-state index contributed by atoms with van der Waals surface area (Å²) in [5.74, 6) is -0.000309. The van der Waals surface area contributed by atoms with Crippen molar-refractivity contribution >= 4 is 11.7 Å². The van der Waals surface area contributed by atoms with Crippen LogP contribution in [0.25, 0.3) is 22.5 Å². The fourth-order valence-electron chi connectivity index (χ4n) is 4.46. The summed E-state index contributed by atoms with van der Waals surface area (Å²) in [6, 6.07) is 11.2. The van der Waals surface area contributed by atoms with Crippen LogP contribution in [0.2, 0.25) is 0 Å². The molecule has 0 saturated heterocycles. The lowest BCUT2D eigenvalue weighted by molar-refractivity contribution is 0.0946. The molecule has 3 heterocycles. The van der Waals surface area contributed by atoms with Crippen LogP contribution >= 0.6 is 0 Å². The Morgan fingerprint density at radius 1 is 1.12 bits per heavy atom. The quantitative estimate of drug-likeness (QED) is 0.659. The van der Waals surface area contributed by atoms with Crippen LogP contribution < -0.4 is 15.8 Å². The first-order valence-corrected chi connectivity index (χ1v) is 10.6. The second-order valence-corrected chi connectivity index (χ2v) is 8.34. The van der Waals surface area contributed by atoms with Crippen LogP contribution in [0.3, 0.4) is 0 Å². The van der Waals surface area contributed by atoms with E-state index in [1.807, 2.05) is 32.3 Å². The van der Waals surface area contributed by atoms with Gasteiger partial charge in [0.2, 0.25) is 5.95 Å². The molecule has 3 aromatic rings. The van der Waals surface area contributed by atoms with Gasteiger partial charge in [-0.2, -0.15) is 9.37 Å². The van der Waals surface area contributed by atoms with Gasteiger partial charge in [-0.3, -0.25) is 4.79 Å². The number of hydrogen-bond donors (Lipinski definition) is 2.